The van der Waals surface area contributed by atoms with Crippen molar-refractivity contribution in [3.8, 4) is 5.69 Å². The van der Waals surface area contributed by atoms with Crippen LogP contribution in [-0.2, 0) is 21.4 Å². The van der Waals surface area contributed by atoms with E-state index >= 15 is 0 Å². The lowest BCUT2D eigenvalue weighted by atomic mass is 10.1. The summed E-state index contributed by atoms with van der Waals surface area (Å²) in [5.74, 6) is -0.374. The van der Waals surface area contributed by atoms with Gasteiger partial charge in [0.05, 0.1) is 18.3 Å². The van der Waals surface area contributed by atoms with Crippen molar-refractivity contribution >= 4 is 33.2 Å². The first-order valence-corrected chi connectivity index (χ1v) is 11.6. The normalized spacial score (nSPS) is 12.4. The highest BCUT2D eigenvalue weighted by Crippen LogP contribution is 2.25. The van der Waals surface area contributed by atoms with Crippen LogP contribution in [0.5, 0.6) is 0 Å². The van der Waals surface area contributed by atoms with Crippen molar-refractivity contribution in [2.45, 2.75) is 25.9 Å². The molecule has 9 heteroatoms. The maximum Gasteiger partial charge on any atom is 0.244 e. The molecule has 0 aliphatic heterocycles. The summed E-state index contributed by atoms with van der Waals surface area (Å²) in [5, 5.41) is 3.24. The number of rotatable bonds is 8. The number of hydrogen-bond acceptors (Lipinski definition) is 4. The summed E-state index contributed by atoms with van der Waals surface area (Å²) >= 11 is 6.03. The molecule has 0 bridgehead atoms. The minimum absolute atomic E-state index is 0.284. The predicted molar refractivity (Wildman–Crippen MR) is 118 cm³/mol. The first-order chi connectivity index (χ1) is 14.3. The van der Waals surface area contributed by atoms with E-state index in [1.165, 1.54) is 6.07 Å². The molecular weight excluding hydrogens is 424 g/mol. The summed E-state index contributed by atoms with van der Waals surface area (Å²) in [6.07, 6.45) is 6.65. The van der Waals surface area contributed by atoms with Crippen LogP contribution in [0.3, 0.4) is 0 Å². The molecule has 0 radical (unpaired) electrons. The van der Waals surface area contributed by atoms with Gasteiger partial charge in [-0.05, 0) is 42.3 Å². The predicted octanol–water partition coefficient (Wildman–Crippen LogP) is 3.39. The molecule has 0 saturated heterocycles. The lowest BCUT2D eigenvalue weighted by Gasteiger charge is -2.30. The Hall–Kier alpha value is -2.84. The Morgan fingerprint density at radius 1 is 1.23 bits per heavy atom. The molecule has 0 unspecified atom stereocenters. The molecule has 3 aromatic rings. The van der Waals surface area contributed by atoms with Gasteiger partial charge in [0.15, 0.2) is 0 Å². The number of nitrogens with one attached hydrogen (secondary N) is 1. The monoisotopic (exact) mass is 446 g/mol. The second-order valence-electron chi connectivity index (χ2n) is 6.82. The molecule has 158 valence electrons. The summed E-state index contributed by atoms with van der Waals surface area (Å²) < 4.78 is 27.9. The van der Waals surface area contributed by atoms with Crippen LogP contribution in [0.25, 0.3) is 5.69 Å². The Kier molecular flexibility index (Phi) is 6.79. The maximum atomic E-state index is 12.9. The first-order valence-electron chi connectivity index (χ1n) is 9.39. The third-order valence-corrected chi connectivity index (χ3v) is 6.01. The number of carbonyl (C=O) groups is 1. The number of benzene rings is 2. The summed E-state index contributed by atoms with van der Waals surface area (Å²) in [6.45, 7) is 2.06. The molecule has 3 rings (SSSR count). The molecule has 1 aromatic heterocycles. The lowest BCUT2D eigenvalue weighted by Crippen LogP contribution is -2.49. The summed E-state index contributed by atoms with van der Waals surface area (Å²) in [4.78, 5) is 16.9. The molecule has 0 fully saturated rings. The van der Waals surface area contributed by atoms with E-state index in [9.17, 15) is 13.2 Å². The van der Waals surface area contributed by atoms with Crippen LogP contribution in [0, 0.1) is 0 Å². The highest BCUT2D eigenvalue weighted by atomic mass is 35.5. The first kappa shape index (κ1) is 21.9. The van der Waals surface area contributed by atoms with E-state index in [-0.39, 0.29) is 12.5 Å². The Balaban J connectivity index is 1.74. The van der Waals surface area contributed by atoms with Crippen LogP contribution in [0.15, 0.2) is 67.3 Å². The SMILES string of the molecule is CC[C@@H](C(=O)NCc1ccc(-n2ccnc2)cc1)N(c1cccc(Cl)c1)S(C)(=O)=O. The average molecular weight is 447 g/mol. The van der Waals surface area contributed by atoms with E-state index < -0.39 is 16.1 Å². The average Bonchev–Trinajstić information content (AvgIpc) is 3.24. The molecule has 30 heavy (non-hydrogen) atoms. The number of anilines is 1. The van der Waals surface area contributed by atoms with E-state index in [0.717, 1.165) is 21.8 Å². The minimum atomic E-state index is -3.70. The van der Waals surface area contributed by atoms with Gasteiger partial charge in [0, 0.05) is 29.6 Å². The smallest absolute Gasteiger partial charge is 0.244 e. The summed E-state index contributed by atoms with van der Waals surface area (Å²) in [6, 6.07) is 13.2. The van der Waals surface area contributed by atoms with Gasteiger partial charge in [0.1, 0.15) is 6.04 Å². The van der Waals surface area contributed by atoms with Gasteiger partial charge >= 0.3 is 0 Å². The van der Waals surface area contributed by atoms with Crippen molar-refractivity contribution in [2.75, 3.05) is 10.6 Å². The van der Waals surface area contributed by atoms with Gasteiger partial charge in [0.25, 0.3) is 0 Å². The van der Waals surface area contributed by atoms with Crippen molar-refractivity contribution in [3.05, 3.63) is 77.8 Å². The zero-order chi connectivity index (χ0) is 21.7. The van der Waals surface area contributed by atoms with Crippen molar-refractivity contribution in [1.82, 2.24) is 14.9 Å². The standard InChI is InChI=1S/C21H23ClN4O3S/c1-3-20(26(30(2,28)29)19-6-4-5-17(22)13-19)21(27)24-14-16-7-9-18(10-8-16)25-12-11-23-15-25/h4-13,15,20H,3,14H2,1-2H3,(H,24,27)/t20-/m0/s1. The van der Waals surface area contributed by atoms with Crippen LogP contribution in [-0.4, -0.2) is 36.2 Å². The van der Waals surface area contributed by atoms with Gasteiger partial charge in [-0.3, -0.25) is 9.10 Å². The third kappa shape index (κ3) is 5.20. The molecule has 0 aliphatic carbocycles. The van der Waals surface area contributed by atoms with Gasteiger partial charge in [-0.15, -0.1) is 0 Å². The second kappa shape index (κ2) is 9.32. The molecule has 2 aromatic carbocycles. The van der Waals surface area contributed by atoms with Crippen molar-refractivity contribution in [3.63, 3.8) is 0 Å². The quantitative estimate of drug-likeness (QED) is 0.574. The Morgan fingerprint density at radius 2 is 1.97 bits per heavy atom. The van der Waals surface area contributed by atoms with E-state index in [1.807, 2.05) is 35.0 Å². The van der Waals surface area contributed by atoms with Gasteiger partial charge in [-0.2, -0.15) is 0 Å². The van der Waals surface area contributed by atoms with Crippen molar-refractivity contribution < 1.29 is 13.2 Å². The van der Waals surface area contributed by atoms with Crippen LogP contribution < -0.4 is 9.62 Å². The van der Waals surface area contributed by atoms with E-state index in [1.54, 1.807) is 37.6 Å². The highest BCUT2D eigenvalue weighted by molar-refractivity contribution is 7.92. The van der Waals surface area contributed by atoms with Crippen molar-refractivity contribution in [1.29, 1.82) is 0 Å². The van der Waals surface area contributed by atoms with Crippen LogP contribution >= 0.6 is 11.6 Å². The fraction of sp³-hybridized carbons (Fsp3) is 0.238. The number of hydrogen-bond donors (Lipinski definition) is 1. The number of aromatic nitrogens is 2. The van der Waals surface area contributed by atoms with Crippen LogP contribution in [0.2, 0.25) is 5.02 Å². The second-order valence-corrected chi connectivity index (χ2v) is 9.11. The highest BCUT2D eigenvalue weighted by Gasteiger charge is 2.31. The van der Waals surface area contributed by atoms with Gasteiger partial charge in [-0.1, -0.05) is 36.7 Å². The molecule has 1 heterocycles. The molecular formula is C21H23ClN4O3S. The topological polar surface area (TPSA) is 84.3 Å². The molecule has 1 atom stereocenters. The Bertz CT molecular complexity index is 1100. The minimum Gasteiger partial charge on any atom is -0.350 e. The summed E-state index contributed by atoms with van der Waals surface area (Å²) in [7, 11) is -3.70. The van der Waals surface area contributed by atoms with E-state index in [4.69, 9.17) is 11.6 Å². The molecule has 0 spiro atoms. The zero-order valence-electron chi connectivity index (χ0n) is 16.7. The van der Waals surface area contributed by atoms with E-state index in [2.05, 4.69) is 10.3 Å². The number of nitrogens with zero attached hydrogens (tertiary/aromatic N) is 3. The van der Waals surface area contributed by atoms with Gasteiger partial charge in [0.2, 0.25) is 15.9 Å². The molecule has 0 aliphatic rings. The van der Waals surface area contributed by atoms with E-state index in [0.29, 0.717) is 17.1 Å². The third-order valence-electron chi connectivity index (χ3n) is 4.60. The Labute approximate surface area is 181 Å². The molecule has 0 saturated carbocycles. The largest absolute Gasteiger partial charge is 0.350 e. The Morgan fingerprint density at radius 3 is 2.53 bits per heavy atom. The fourth-order valence-corrected chi connectivity index (χ4v) is 4.57. The molecule has 1 N–H and O–H groups in total. The van der Waals surface area contributed by atoms with Crippen molar-refractivity contribution in [2.24, 2.45) is 0 Å². The molecule has 7 nitrogen and oxygen atoms in total. The maximum absolute atomic E-state index is 12.9. The molecule has 1 amide bonds. The fourth-order valence-electron chi connectivity index (χ4n) is 3.18. The summed E-state index contributed by atoms with van der Waals surface area (Å²) in [5.41, 5.74) is 2.21. The number of carbonyl (C=O) groups excluding carboxylic acids is 1. The van der Waals surface area contributed by atoms with Crippen LogP contribution in [0.4, 0.5) is 5.69 Å². The zero-order valence-corrected chi connectivity index (χ0v) is 18.3. The number of halogens is 1. The van der Waals surface area contributed by atoms with Gasteiger partial charge in [-0.25, -0.2) is 13.4 Å². The number of imidazole rings is 1. The van der Waals surface area contributed by atoms with Crippen LogP contribution in [0.1, 0.15) is 18.9 Å². The number of sulfonamides is 1. The van der Waals surface area contributed by atoms with Gasteiger partial charge < -0.3 is 9.88 Å². The lowest BCUT2D eigenvalue weighted by molar-refractivity contribution is -0.122. The number of amides is 1.